The summed E-state index contributed by atoms with van der Waals surface area (Å²) < 4.78 is 5.38. The molecule has 5 rings (SSSR count). The molecule has 1 atom stereocenters. The summed E-state index contributed by atoms with van der Waals surface area (Å²) in [5.74, 6) is 1.05. The third-order valence-corrected chi connectivity index (χ3v) is 8.32. The molecule has 2 aromatic heterocycles. The van der Waals surface area contributed by atoms with Crippen LogP contribution in [0.1, 0.15) is 53.6 Å². The number of hydrogen-bond acceptors (Lipinski definition) is 5. The number of pyridine rings is 1. The summed E-state index contributed by atoms with van der Waals surface area (Å²) in [7, 11) is 1.63. The lowest BCUT2D eigenvalue weighted by atomic mass is 9.72. The van der Waals surface area contributed by atoms with Crippen LogP contribution in [-0.4, -0.2) is 18.0 Å². The van der Waals surface area contributed by atoms with E-state index in [2.05, 4.69) is 32.2 Å². The first kappa shape index (κ1) is 24.0. The van der Waals surface area contributed by atoms with Crippen LogP contribution in [0.25, 0.3) is 22.2 Å². The zero-order valence-corrected chi connectivity index (χ0v) is 21.8. The van der Waals surface area contributed by atoms with Gasteiger partial charge in [-0.3, -0.25) is 4.79 Å². The van der Waals surface area contributed by atoms with E-state index in [1.54, 1.807) is 18.4 Å². The molecule has 6 heteroatoms. The van der Waals surface area contributed by atoms with Crippen molar-refractivity contribution in [1.29, 1.82) is 5.26 Å². The smallest absolute Gasteiger partial charge is 0.257 e. The van der Waals surface area contributed by atoms with E-state index in [-0.39, 0.29) is 11.3 Å². The van der Waals surface area contributed by atoms with E-state index in [4.69, 9.17) is 9.72 Å². The first-order valence-corrected chi connectivity index (χ1v) is 13.0. The summed E-state index contributed by atoms with van der Waals surface area (Å²) >= 11 is 1.55. The van der Waals surface area contributed by atoms with Crippen molar-refractivity contribution in [3.8, 4) is 23.1 Å². The largest absolute Gasteiger partial charge is 0.497 e. The first-order chi connectivity index (χ1) is 17.3. The van der Waals surface area contributed by atoms with Crippen LogP contribution in [0, 0.1) is 22.7 Å². The van der Waals surface area contributed by atoms with Gasteiger partial charge in [0.2, 0.25) is 0 Å². The molecule has 5 nitrogen and oxygen atoms in total. The fourth-order valence-electron chi connectivity index (χ4n) is 5.00. The van der Waals surface area contributed by atoms with Crippen LogP contribution in [0.2, 0.25) is 0 Å². The van der Waals surface area contributed by atoms with E-state index in [1.807, 2.05) is 54.6 Å². The lowest BCUT2D eigenvalue weighted by Gasteiger charge is -2.33. The second kappa shape index (κ2) is 9.40. The van der Waals surface area contributed by atoms with Gasteiger partial charge in [-0.1, -0.05) is 51.1 Å². The molecule has 0 bridgehead atoms. The highest BCUT2D eigenvalue weighted by Gasteiger charge is 2.32. The van der Waals surface area contributed by atoms with Gasteiger partial charge in [0.25, 0.3) is 5.91 Å². The number of rotatable bonds is 4. The van der Waals surface area contributed by atoms with Crippen LogP contribution in [0.3, 0.4) is 0 Å². The number of hydrogen-bond donors (Lipinski definition) is 1. The number of fused-ring (bicyclic) bond motifs is 2. The molecule has 1 amide bonds. The molecule has 0 fully saturated rings. The Kier molecular flexibility index (Phi) is 6.27. The average molecular weight is 496 g/mol. The van der Waals surface area contributed by atoms with Crippen molar-refractivity contribution in [3.63, 3.8) is 0 Å². The number of carbonyl (C=O) groups is 1. The minimum absolute atomic E-state index is 0.213. The van der Waals surface area contributed by atoms with Crippen LogP contribution in [0.15, 0.2) is 54.6 Å². The number of para-hydroxylation sites is 1. The van der Waals surface area contributed by atoms with Crippen molar-refractivity contribution in [1.82, 2.24) is 4.98 Å². The number of amides is 1. The maximum atomic E-state index is 13.7. The van der Waals surface area contributed by atoms with E-state index in [0.717, 1.165) is 47.0 Å². The van der Waals surface area contributed by atoms with Crippen LogP contribution in [0.4, 0.5) is 5.00 Å². The number of aromatic nitrogens is 1. The van der Waals surface area contributed by atoms with E-state index in [1.165, 1.54) is 4.88 Å². The Hall–Kier alpha value is -3.69. The molecular weight excluding hydrogens is 466 g/mol. The monoisotopic (exact) mass is 495 g/mol. The average Bonchev–Trinajstić information content (AvgIpc) is 3.23. The predicted octanol–water partition coefficient (Wildman–Crippen LogP) is 7.25. The van der Waals surface area contributed by atoms with Crippen molar-refractivity contribution in [2.24, 2.45) is 11.3 Å². The van der Waals surface area contributed by atoms with Crippen molar-refractivity contribution in [2.75, 3.05) is 12.4 Å². The van der Waals surface area contributed by atoms with Gasteiger partial charge in [0.1, 0.15) is 16.8 Å². The van der Waals surface area contributed by atoms with Gasteiger partial charge in [-0.05, 0) is 60.4 Å². The summed E-state index contributed by atoms with van der Waals surface area (Å²) in [5.41, 5.74) is 4.76. The second-order valence-corrected chi connectivity index (χ2v) is 11.5. The Morgan fingerprint density at radius 2 is 1.97 bits per heavy atom. The van der Waals surface area contributed by atoms with Crippen LogP contribution < -0.4 is 10.1 Å². The molecule has 1 aliphatic rings. The van der Waals surface area contributed by atoms with Crippen molar-refractivity contribution >= 4 is 33.1 Å². The Balaban J connectivity index is 1.53. The molecule has 2 heterocycles. The molecule has 2 aromatic carbocycles. The lowest BCUT2D eigenvalue weighted by molar-refractivity contribution is 0.102. The minimum atomic E-state index is -0.236. The van der Waals surface area contributed by atoms with Crippen LogP contribution >= 0.6 is 11.3 Å². The molecule has 1 unspecified atom stereocenters. The SMILES string of the molecule is COc1cccc(-c2cc(C(=O)Nc3sc4c(c3C#N)CCC(C(C)(C)C)C4)c3ccccc3n2)c1. The Morgan fingerprint density at radius 1 is 1.17 bits per heavy atom. The molecule has 0 spiro atoms. The zero-order valence-electron chi connectivity index (χ0n) is 21.0. The highest BCUT2D eigenvalue weighted by Crippen LogP contribution is 2.44. The predicted molar refractivity (Wildman–Crippen MR) is 146 cm³/mol. The molecule has 0 radical (unpaired) electrons. The van der Waals surface area contributed by atoms with Gasteiger partial charge in [-0.25, -0.2) is 4.98 Å². The summed E-state index contributed by atoms with van der Waals surface area (Å²) in [6.45, 7) is 6.83. The van der Waals surface area contributed by atoms with Crippen LogP contribution in [-0.2, 0) is 12.8 Å². The van der Waals surface area contributed by atoms with Crippen molar-refractivity contribution < 1.29 is 9.53 Å². The molecule has 0 saturated carbocycles. The lowest BCUT2D eigenvalue weighted by Crippen LogP contribution is -2.26. The van der Waals surface area contributed by atoms with E-state index in [9.17, 15) is 10.1 Å². The zero-order chi connectivity index (χ0) is 25.4. The van der Waals surface area contributed by atoms with Gasteiger partial charge in [-0.15, -0.1) is 11.3 Å². The molecule has 0 saturated heterocycles. The van der Waals surface area contributed by atoms with E-state index < -0.39 is 0 Å². The number of nitrogens with zero attached hydrogens (tertiary/aromatic N) is 2. The van der Waals surface area contributed by atoms with Gasteiger partial charge in [0.05, 0.1) is 29.4 Å². The number of nitrogens with one attached hydrogen (secondary N) is 1. The Morgan fingerprint density at radius 3 is 2.72 bits per heavy atom. The van der Waals surface area contributed by atoms with Gasteiger partial charge in [-0.2, -0.15) is 5.26 Å². The Labute approximate surface area is 215 Å². The third-order valence-electron chi connectivity index (χ3n) is 7.16. The summed E-state index contributed by atoms with van der Waals surface area (Å²) in [4.78, 5) is 19.7. The number of benzene rings is 2. The summed E-state index contributed by atoms with van der Waals surface area (Å²) in [6, 6.07) is 19.5. The first-order valence-electron chi connectivity index (χ1n) is 12.2. The summed E-state index contributed by atoms with van der Waals surface area (Å²) in [6.07, 6.45) is 2.89. The summed E-state index contributed by atoms with van der Waals surface area (Å²) in [5, 5.41) is 14.5. The van der Waals surface area contributed by atoms with Gasteiger partial charge >= 0.3 is 0 Å². The molecular formula is C30H29N3O2S. The van der Waals surface area contributed by atoms with Crippen LogP contribution in [0.5, 0.6) is 5.75 Å². The Bertz CT molecular complexity index is 1510. The normalized spacial score (nSPS) is 15.2. The fourth-order valence-corrected chi connectivity index (χ4v) is 6.27. The maximum absolute atomic E-state index is 13.7. The number of thiophene rings is 1. The number of nitriles is 1. The van der Waals surface area contributed by atoms with Gasteiger partial charge < -0.3 is 10.1 Å². The molecule has 4 aromatic rings. The number of methoxy groups -OCH3 is 1. The molecule has 0 aliphatic heterocycles. The third kappa shape index (κ3) is 4.47. The molecule has 182 valence electrons. The highest BCUT2D eigenvalue weighted by molar-refractivity contribution is 7.16. The van der Waals surface area contributed by atoms with Gasteiger partial charge in [0, 0.05) is 15.8 Å². The van der Waals surface area contributed by atoms with E-state index >= 15 is 0 Å². The number of ether oxygens (including phenoxy) is 1. The minimum Gasteiger partial charge on any atom is -0.497 e. The molecule has 36 heavy (non-hydrogen) atoms. The fraction of sp³-hybridized carbons (Fsp3) is 0.300. The highest BCUT2D eigenvalue weighted by atomic mass is 32.1. The quantitative estimate of drug-likeness (QED) is 0.324. The molecule has 1 N–H and O–H groups in total. The van der Waals surface area contributed by atoms with Gasteiger partial charge in [0.15, 0.2) is 0 Å². The topological polar surface area (TPSA) is 75.0 Å². The second-order valence-electron chi connectivity index (χ2n) is 10.4. The van der Waals surface area contributed by atoms with Crippen molar-refractivity contribution in [3.05, 3.63) is 76.2 Å². The van der Waals surface area contributed by atoms with Crippen molar-refractivity contribution in [2.45, 2.75) is 40.0 Å². The molecule has 1 aliphatic carbocycles. The number of anilines is 1. The van der Waals surface area contributed by atoms with E-state index in [0.29, 0.717) is 27.7 Å². The maximum Gasteiger partial charge on any atom is 0.257 e. The number of carbonyl (C=O) groups excluding carboxylic acids is 1. The standard InChI is InChI=1S/C30H29N3O2S/c1-30(2,3)19-12-13-22-24(17-31)29(36-27(22)15-19)33-28(34)23-16-26(18-8-7-9-20(14-18)35-4)32-25-11-6-5-10-21(23)25/h5-11,14,16,19H,12-13,15H2,1-4H3,(H,33,34).